The molecule has 0 amide bonds. The summed E-state index contributed by atoms with van der Waals surface area (Å²) in [5.41, 5.74) is 7.58. The zero-order valence-corrected chi connectivity index (χ0v) is 12.9. The van der Waals surface area contributed by atoms with Gasteiger partial charge in [-0.3, -0.25) is 15.2 Å². The lowest BCUT2D eigenvalue weighted by Crippen LogP contribution is -2.22. The monoisotopic (exact) mass is 319 g/mol. The van der Waals surface area contributed by atoms with E-state index in [2.05, 4.69) is 38.2 Å². The summed E-state index contributed by atoms with van der Waals surface area (Å²) >= 11 is 0. The number of benzene rings is 2. The van der Waals surface area contributed by atoms with Gasteiger partial charge in [0.1, 0.15) is 0 Å². The average Bonchev–Trinajstić information content (AvgIpc) is 2.63. The molecule has 0 saturated heterocycles. The van der Waals surface area contributed by atoms with Crippen LogP contribution in [0.1, 0.15) is 5.56 Å². The third kappa shape index (κ3) is 4.07. The van der Waals surface area contributed by atoms with E-state index < -0.39 is 0 Å². The zero-order chi connectivity index (χ0) is 16.6. The minimum Gasteiger partial charge on any atom is -0.306 e. The smallest absolute Gasteiger partial charge is 0.279 e. The molecule has 6 heteroatoms. The highest BCUT2D eigenvalue weighted by atomic mass is 16.1. The number of nitrogens with zero attached hydrogens (tertiary/aromatic N) is 2. The van der Waals surface area contributed by atoms with Crippen LogP contribution in [-0.4, -0.2) is 15.2 Å². The molecule has 3 aromatic rings. The van der Waals surface area contributed by atoms with Gasteiger partial charge in [0.05, 0.1) is 0 Å². The molecule has 0 bridgehead atoms. The fraction of sp³-hybridized carbons (Fsp3) is 0.0556. The van der Waals surface area contributed by atoms with Gasteiger partial charge in [0, 0.05) is 11.8 Å². The lowest BCUT2D eigenvalue weighted by molar-refractivity contribution is 0.904. The van der Waals surface area contributed by atoms with Crippen LogP contribution in [0.25, 0.3) is 11.3 Å². The Morgan fingerprint density at radius 3 is 2.38 bits per heavy atom. The molecule has 24 heavy (non-hydrogen) atoms. The molecule has 1 aromatic heterocycles. The van der Waals surface area contributed by atoms with Crippen molar-refractivity contribution in [3.8, 4) is 11.3 Å². The highest BCUT2D eigenvalue weighted by Gasteiger charge is 2.06. The molecule has 3 N–H and O–H groups in total. The molecule has 3 rings (SSSR count). The second kappa shape index (κ2) is 7.73. The largest absolute Gasteiger partial charge is 0.306 e. The Bertz CT molecular complexity index is 859. The normalized spacial score (nSPS) is 10.7. The van der Waals surface area contributed by atoms with Crippen molar-refractivity contribution >= 4 is 5.95 Å². The Labute approximate surface area is 139 Å². The van der Waals surface area contributed by atoms with E-state index in [1.54, 1.807) is 6.20 Å². The van der Waals surface area contributed by atoms with Gasteiger partial charge in [-0.25, -0.2) is 0 Å². The first-order chi connectivity index (χ1) is 11.8. The van der Waals surface area contributed by atoms with E-state index in [1.807, 2.05) is 54.6 Å². The van der Waals surface area contributed by atoms with Crippen LogP contribution in [0.4, 0.5) is 5.95 Å². The maximum absolute atomic E-state index is 12.1. The van der Waals surface area contributed by atoms with Crippen LogP contribution >= 0.6 is 0 Å². The first-order valence-electron chi connectivity index (χ1n) is 7.56. The van der Waals surface area contributed by atoms with Gasteiger partial charge in [-0.05, 0) is 12.0 Å². The second-order valence-electron chi connectivity index (χ2n) is 5.08. The number of hydrogen-bond acceptors (Lipinski definition) is 5. The summed E-state index contributed by atoms with van der Waals surface area (Å²) in [4.78, 5) is 14.7. The van der Waals surface area contributed by atoms with Crippen molar-refractivity contribution in [3.63, 3.8) is 0 Å². The molecular formula is C18H17N5O. The SMILES string of the molecule is O=c1[nH]c(NN/C=C\Cc2ccccc2)nnc1-c1ccccc1. The Balaban J connectivity index is 1.57. The number of allylic oxidation sites excluding steroid dienone is 1. The molecule has 0 aliphatic rings. The van der Waals surface area contributed by atoms with Gasteiger partial charge in [-0.15, -0.1) is 10.2 Å². The molecule has 0 aliphatic carbocycles. The van der Waals surface area contributed by atoms with Gasteiger partial charge in [0.25, 0.3) is 5.56 Å². The van der Waals surface area contributed by atoms with Crippen molar-refractivity contribution in [2.24, 2.45) is 0 Å². The van der Waals surface area contributed by atoms with Crippen molar-refractivity contribution < 1.29 is 0 Å². The Kier molecular flexibility index (Phi) is 4.99. The summed E-state index contributed by atoms with van der Waals surface area (Å²) in [7, 11) is 0. The predicted molar refractivity (Wildman–Crippen MR) is 94.1 cm³/mol. The van der Waals surface area contributed by atoms with Crippen LogP contribution in [0, 0.1) is 0 Å². The van der Waals surface area contributed by atoms with E-state index in [9.17, 15) is 4.79 Å². The molecule has 0 unspecified atom stereocenters. The molecule has 6 nitrogen and oxygen atoms in total. The van der Waals surface area contributed by atoms with E-state index in [-0.39, 0.29) is 11.5 Å². The third-order valence-corrected chi connectivity index (χ3v) is 3.33. The summed E-state index contributed by atoms with van der Waals surface area (Å²) in [5, 5.41) is 7.93. The number of anilines is 1. The number of nitrogens with one attached hydrogen (secondary N) is 3. The molecule has 0 aliphatic heterocycles. The minimum absolute atomic E-state index is 0.254. The molecule has 0 spiro atoms. The Morgan fingerprint density at radius 1 is 0.958 bits per heavy atom. The number of H-pyrrole nitrogens is 1. The average molecular weight is 319 g/mol. The molecular weight excluding hydrogens is 302 g/mol. The Morgan fingerprint density at radius 2 is 1.67 bits per heavy atom. The standard InChI is InChI=1S/C18H17N5O/c24-17-16(15-11-5-2-6-12-15)21-23-18(20-17)22-19-13-7-10-14-8-3-1-4-9-14/h1-9,11-13,19H,10H2,(H2,20,22,23,24)/b13-7-. The number of aromatic amines is 1. The van der Waals surface area contributed by atoms with Crippen LogP contribution in [0.3, 0.4) is 0 Å². The number of hydrazine groups is 1. The van der Waals surface area contributed by atoms with Gasteiger partial charge in [-0.1, -0.05) is 66.7 Å². The summed E-state index contributed by atoms with van der Waals surface area (Å²) in [5.74, 6) is 0.254. The molecule has 0 saturated carbocycles. The van der Waals surface area contributed by atoms with Gasteiger partial charge >= 0.3 is 0 Å². The fourth-order valence-electron chi connectivity index (χ4n) is 2.16. The van der Waals surface area contributed by atoms with Crippen molar-refractivity contribution in [2.75, 3.05) is 5.43 Å². The molecule has 1 heterocycles. The van der Waals surface area contributed by atoms with E-state index in [0.29, 0.717) is 5.69 Å². The van der Waals surface area contributed by atoms with Crippen LogP contribution in [0.15, 0.2) is 77.7 Å². The zero-order valence-electron chi connectivity index (χ0n) is 12.9. The Hall–Kier alpha value is -3.41. The molecule has 0 fully saturated rings. The number of hydrogen-bond donors (Lipinski definition) is 3. The summed E-state index contributed by atoms with van der Waals surface area (Å²) in [6, 6.07) is 19.3. The van der Waals surface area contributed by atoms with Crippen molar-refractivity contribution in [1.29, 1.82) is 0 Å². The van der Waals surface area contributed by atoms with E-state index >= 15 is 0 Å². The molecule has 0 atom stereocenters. The summed E-state index contributed by atoms with van der Waals surface area (Å²) < 4.78 is 0. The van der Waals surface area contributed by atoms with Gasteiger partial charge in [0.2, 0.25) is 5.95 Å². The molecule has 2 aromatic carbocycles. The highest BCUT2D eigenvalue weighted by Crippen LogP contribution is 2.10. The van der Waals surface area contributed by atoms with Crippen LogP contribution < -0.4 is 16.4 Å². The van der Waals surface area contributed by atoms with Gasteiger partial charge in [0.15, 0.2) is 5.69 Å². The van der Waals surface area contributed by atoms with Crippen LogP contribution in [-0.2, 0) is 6.42 Å². The first kappa shape index (κ1) is 15.5. The fourth-order valence-corrected chi connectivity index (χ4v) is 2.16. The number of rotatable bonds is 6. The van der Waals surface area contributed by atoms with Crippen LogP contribution in [0.5, 0.6) is 0 Å². The van der Waals surface area contributed by atoms with Crippen LogP contribution in [0.2, 0.25) is 0 Å². The predicted octanol–water partition coefficient (Wildman–Crippen LogP) is 2.50. The lowest BCUT2D eigenvalue weighted by atomic mass is 10.1. The second-order valence-corrected chi connectivity index (χ2v) is 5.08. The lowest BCUT2D eigenvalue weighted by Gasteiger charge is -2.04. The number of aromatic nitrogens is 3. The minimum atomic E-state index is -0.297. The maximum atomic E-state index is 12.1. The van der Waals surface area contributed by atoms with Crippen molar-refractivity contribution in [3.05, 3.63) is 88.9 Å². The summed E-state index contributed by atoms with van der Waals surface area (Å²) in [6.45, 7) is 0. The summed E-state index contributed by atoms with van der Waals surface area (Å²) in [6.07, 6.45) is 4.52. The maximum Gasteiger partial charge on any atom is 0.279 e. The van der Waals surface area contributed by atoms with Gasteiger partial charge < -0.3 is 5.43 Å². The molecule has 0 radical (unpaired) electrons. The topological polar surface area (TPSA) is 82.7 Å². The van der Waals surface area contributed by atoms with Gasteiger partial charge in [-0.2, -0.15) is 0 Å². The van der Waals surface area contributed by atoms with Crippen molar-refractivity contribution in [2.45, 2.75) is 6.42 Å². The van der Waals surface area contributed by atoms with Crippen molar-refractivity contribution in [1.82, 2.24) is 20.6 Å². The third-order valence-electron chi connectivity index (χ3n) is 3.33. The van der Waals surface area contributed by atoms with E-state index in [0.717, 1.165) is 12.0 Å². The highest BCUT2D eigenvalue weighted by molar-refractivity contribution is 5.57. The first-order valence-corrected chi connectivity index (χ1v) is 7.56. The quantitative estimate of drug-likeness (QED) is 0.608. The van der Waals surface area contributed by atoms with E-state index in [1.165, 1.54) is 5.56 Å². The molecule has 120 valence electrons. The van der Waals surface area contributed by atoms with E-state index in [4.69, 9.17) is 0 Å².